The smallest absolute Gasteiger partial charge is 0.255 e. The van der Waals surface area contributed by atoms with Crippen molar-refractivity contribution >= 4 is 44.9 Å². The molecule has 0 aliphatic carbocycles. The van der Waals surface area contributed by atoms with Gasteiger partial charge in [-0.15, -0.1) is 0 Å². The van der Waals surface area contributed by atoms with Gasteiger partial charge in [0.05, 0.1) is 10.7 Å². The quantitative estimate of drug-likeness (QED) is 0.536. The topological polar surface area (TPSA) is 46.2 Å². The lowest BCUT2D eigenvalue weighted by Gasteiger charge is -2.12. The van der Waals surface area contributed by atoms with Crippen LogP contribution in [-0.4, -0.2) is 11.7 Å². The van der Waals surface area contributed by atoms with Crippen molar-refractivity contribution < 1.29 is 14.0 Å². The van der Waals surface area contributed by atoms with Gasteiger partial charge in [0.15, 0.2) is 5.78 Å². The van der Waals surface area contributed by atoms with Crippen molar-refractivity contribution in [2.75, 3.05) is 5.32 Å². The van der Waals surface area contributed by atoms with Crippen LogP contribution in [0.4, 0.5) is 10.1 Å². The van der Waals surface area contributed by atoms with Gasteiger partial charge >= 0.3 is 0 Å². The van der Waals surface area contributed by atoms with E-state index in [-0.39, 0.29) is 16.9 Å². The summed E-state index contributed by atoms with van der Waals surface area (Å²) in [6, 6.07) is 16.9. The maximum Gasteiger partial charge on any atom is 0.255 e. The van der Waals surface area contributed by atoms with Crippen LogP contribution in [0.15, 0.2) is 71.2 Å². The van der Waals surface area contributed by atoms with E-state index in [1.54, 1.807) is 42.5 Å². The van der Waals surface area contributed by atoms with Crippen molar-refractivity contribution in [1.82, 2.24) is 0 Å². The third-order valence-corrected chi connectivity index (χ3v) is 4.50. The molecule has 3 nitrogen and oxygen atoms in total. The molecule has 0 spiro atoms. The second-order valence-corrected chi connectivity index (χ2v) is 6.79. The van der Waals surface area contributed by atoms with Gasteiger partial charge in [0.25, 0.3) is 5.91 Å². The highest BCUT2D eigenvalue weighted by Gasteiger charge is 2.18. The minimum absolute atomic E-state index is 0.157. The Balaban J connectivity index is 1.97. The van der Waals surface area contributed by atoms with Gasteiger partial charge in [-0.3, -0.25) is 9.59 Å². The number of ketones is 1. The minimum atomic E-state index is -0.514. The molecule has 3 aromatic rings. The van der Waals surface area contributed by atoms with Gasteiger partial charge in [0.2, 0.25) is 0 Å². The molecular formula is C20H12BrClFNO2. The Hall–Kier alpha value is -2.50. The Morgan fingerprint density at radius 2 is 1.69 bits per heavy atom. The molecule has 1 amide bonds. The van der Waals surface area contributed by atoms with Crippen molar-refractivity contribution in [2.24, 2.45) is 0 Å². The van der Waals surface area contributed by atoms with Crippen molar-refractivity contribution in [3.8, 4) is 0 Å². The van der Waals surface area contributed by atoms with E-state index in [4.69, 9.17) is 11.6 Å². The molecule has 0 saturated carbocycles. The van der Waals surface area contributed by atoms with Gasteiger partial charge in [-0.05, 0) is 48.5 Å². The highest BCUT2D eigenvalue weighted by atomic mass is 79.9. The number of hydrogen-bond acceptors (Lipinski definition) is 2. The Bertz CT molecular complexity index is 1010. The zero-order valence-electron chi connectivity index (χ0n) is 13.3. The molecule has 0 unspecified atom stereocenters. The summed E-state index contributed by atoms with van der Waals surface area (Å²) < 4.78 is 14.0. The van der Waals surface area contributed by atoms with E-state index in [0.717, 1.165) is 6.07 Å². The summed E-state index contributed by atoms with van der Waals surface area (Å²) in [5.74, 6) is -1.35. The first-order chi connectivity index (χ1) is 12.5. The molecule has 0 atom stereocenters. The number of benzene rings is 3. The van der Waals surface area contributed by atoms with Gasteiger partial charge in [0, 0.05) is 21.2 Å². The second-order valence-electron chi connectivity index (χ2n) is 5.46. The number of rotatable bonds is 4. The molecule has 0 fully saturated rings. The average Bonchev–Trinajstić information content (AvgIpc) is 2.63. The van der Waals surface area contributed by atoms with E-state index in [0.29, 0.717) is 20.7 Å². The fraction of sp³-hybridized carbons (Fsp3) is 0. The molecule has 3 aromatic carbocycles. The van der Waals surface area contributed by atoms with Gasteiger partial charge in [-0.1, -0.05) is 45.7 Å². The van der Waals surface area contributed by atoms with E-state index in [2.05, 4.69) is 21.2 Å². The number of nitrogens with one attached hydrogen (secondary N) is 1. The molecule has 0 radical (unpaired) electrons. The van der Waals surface area contributed by atoms with Crippen LogP contribution in [-0.2, 0) is 0 Å². The third-order valence-electron chi connectivity index (χ3n) is 3.68. The van der Waals surface area contributed by atoms with E-state index in [9.17, 15) is 14.0 Å². The number of amides is 1. The minimum Gasteiger partial charge on any atom is -0.321 e. The Morgan fingerprint density at radius 1 is 0.923 bits per heavy atom. The molecule has 130 valence electrons. The van der Waals surface area contributed by atoms with Crippen LogP contribution in [0.5, 0.6) is 0 Å². The predicted octanol–water partition coefficient (Wildman–Crippen LogP) is 5.72. The van der Waals surface area contributed by atoms with Crippen LogP contribution in [0.2, 0.25) is 5.02 Å². The maximum atomic E-state index is 13.3. The lowest BCUT2D eigenvalue weighted by molar-refractivity contribution is 0.102. The first-order valence-corrected chi connectivity index (χ1v) is 8.78. The van der Waals surface area contributed by atoms with Crippen LogP contribution in [0.25, 0.3) is 0 Å². The number of carbonyl (C=O) groups excluding carboxylic acids is 2. The molecule has 0 heterocycles. The Morgan fingerprint density at radius 3 is 2.42 bits per heavy atom. The lowest BCUT2D eigenvalue weighted by atomic mass is 10.0. The molecule has 26 heavy (non-hydrogen) atoms. The SMILES string of the molecule is O=C(Nc1ccc(Br)cc1C(=O)c1ccccc1Cl)c1cccc(F)c1. The predicted molar refractivity (Wildman–Crippen MR) is 103 cm³/mol. The summed E-state index contributed by atoms with van der Waals surface area (Å²) in [7, 11) is 0. The van der Waals surface area contributed by atoms with Crippen molar-refractivity contribution in [3.05, 3.63) is 98.7 Å². The van der Waals surface area contributed by atoms with Gasteiger partial charge in [-0.2, -0.15) is 0 Å². The monoisotopic (exact) mass is 431 g/mol. The highest BCUT2D eigenvalue weighted by molar-refractivity contribution is 9.10. The first-order valence-electron chi connectivity index (χ1n) is 7.61. The molecule has 0 aromatic heterocycles. The molecule has 0 aliphatic heterocycles. The summed E-state index contributed by atoms with van der Waals surface area (Å²) in [6.45, 7) is 0. The van der Waals surface area contributed by atoms with E-state index >= 15 is 0 Å². The zero-order chi connectivity index (χ0) is 18.7. The largest absolute Gasteiger partial charge is 0.321 e. The fourth-order valence-corrected chi connectivity index (χ4v) is 3.01. The normalized spacial score (nSPS) is 10.4. The summed E-state index contributed by atoms with van der Waals surface area (Å²) in [6.07, 6.45) is 0. The van der Waals surface area contributed by atoms with Crippen LogP contribution in [0.3, 0.4) is 0 Å². The van der Waals surface area contributed by atoms with Crippen molar-refractivity contribution in [1.29, 1.82) is 0 Å². The summed E-state index contributed by atoms with van der Waals surface area (Å²) in [5.41, 5.74) is 1.07. The van der Waals surface area contributed by atoms with E-state index in [1.807, 2.05) is 0 Å². The molecule has 1 N–H and O–H groups in total. The van der Waals surface area contributed by atoms with Gasteiger partial charge in [0.1, 0.15) is 5.82 Å². The summed E-state index contributed by atoms with van der Waals surface area (Å²) in [4.78, 5) is 25.3. The molecule has 6 heteroatoms. The van der Waals surface area contributed by atoms with E-state index < -0.39 is 11.7 Å². The standard InChI is InChI=1S/C20H12BrClFNO2/c21-13-8-9-18(24-20(26)12-4-3-5-14(23)10-12)16(11-13)19(25)15-6-1-2-7-17(15)22/h1-11H,(H,24,26). The molecular weight excluding hydrogens is 421 g/mol. The fourth-order valence-electron chi connectivity index (χ4n) is 2.43. The number of halogens is 3. The average molecular weight is 433 g/mol. The second kappa shape index (κ2) is 7.81. The molecule has 0 aliphatic rings. The lowest BCUT2D eigenvalue weighted by Crippen LogP contribution is -2.15. The first kappa shape index (κ1) is 18.3. The summed E-state index contributed by atoms with van der Waals surface area (Å²) >= 11 is 9.45. The number of hydrogen-bond donors (Lipinski definition) is 1. The number of carbonyl (C=O) groups is 2. The zero-order valence-corrected chi connectivity index (χ0v) is 15.6. The summed E-state index contributed by atoms with van der Waals surface area (Å²) in [5, 5.41) is 2.98. The maximum absolute atomic E-state index is 13.3. The van der Waals surface area contributed by atoms with Gasteiger partial charge < -0.3 is 5.32 Å². The van der Waals surface area contributed by atoms with Crippen LogP contribution >= 0.6 is 27.5 Å². The Kier molecular flexibility index (Phi) is 5.49. The van der Waals surface area contributed by atoms with Crippen LogP contribution in [0.1, 0.15) is 26.3 Å². The molecule has 0 bridgehead atoms. The van der Waals surface area contributed by atoms with Crippen molar-refractivity contribution in [2.45, 2.75) is 0 Å². The van der Waals surface area contributed by atoms with Gasteiger partial charge in [-0.25, -0.2) is 4.39 Å². The number of anilines is 1. The van der Waals surface area contributed by atoms with Crippen LogP contribution < -0.4 is 5.32 Å². The Labute approximate surface area is 162 Å². The molecule has 0 saturated heterocycles. The van der Waals surface area contributed by atoms with Crippen LogP contribution in [0, 0.1) is 5.82 Å². The van der Waals surface area contributed by atoms with E-state index in [1.165, 1.54) is 18.2 Å². The molecule has 3 rings (SSSR count). The van der Waals surface area contributed by atoms with Crippen molar-refractivity contribution in [3.63, 3.8) is 0 Å². The third kappa shape index (κ3) is 4.00. The highest BCUT2D eigenvalue weighted by Crippen LogP contribution is 2.27.